The molecule has 1 heterocycles. The number of carboxylic acid groups (broad SMARTS) is 1. The highest BCUT2D eigenvalue weighted by molar-refractivity contribution is 9.10. The summed E-state index contributed by atoms with van der Waals surface area (Å²) in [4.78, 5) is 13.5. The molecule has 1 saturated heterocycles. The van der Waals surface area contributed by atoms with Gasteiger partial charge in [-0.1, -0.05) is 12.1 Å². The van der Waals surface area contributed by atoms with E-state index in [1.54, 1.807) is 0 Å². The number of benzene rings is 1. The summed E-state index contributed by atoms with van der Waals surface area (Å²) in [5, 5.41) is 12.6. The van der Waals surface area contributed by atoms with Crippen LogP contribution in [0, 0.1) is 0 Å². The predicted octanol–water partition coefficient (Wildman–Crippen LogP) is 2.02. The van der Waals surface area contributed by atoms with E-state index < -0.39 is 11.5 Å². The zero-order valence-corrected chi connectivity index (χ0v) is 11.2. The van der Waals surface area contributed by atoms with Gasteiger partial charge in [0.1, 0.15) is 5.54 Å². The normalized spacial score (nSPS) is 24.8. The lowest BCUT2D eigenvalue weighted by Crippen LogP contribution is -2.48. The number of halogens is 1. The second kappa shape index (κ2) is 4.66. The Bertz CT molecular complexity index is 438. The Hall–Kier alpha value is -1.07. The zero-order chi connectivity index (χ0) is 12.5. The van der Waals surface area contributed by atoms with Gasteiger partial charge in [-0.2, -0.15) is 0 Å². The third kappa shape index (κ3) is 2.45. The highest BCUT2D eigenvalue weighted by atomic mass is 79.9. The van der Waals surface area contributed by atoms with Crippen molar-refractivity contribution in [1.82, 2.24) is 4.90 Å². The SMILES string of the molecule is CN1CCC(Nc2ccccc2Br)(C(=O)O)C1. The standard InChI is InChI=1S/C12H15BrN2O2/c1-15-7-6-12(8-15,11(16)17)14-10-5-3-2-4-9(10)13/h2-5,14H,6-8H2,1H3,(H,16,17). The fraction of sp³-hybridized carbons (Fsp3) is 0.417. The van der Waals surface area contributed by atoms with Crippen LogP contribution in [0.4, 0.5) is 5.69 Å². The number of hydrogen-bond donors (Lipinski definition) is 2. The van der Waals surface area contributed by atoms with Crippen molar-refractivity contribution < 1.29 is 9.90 Å². The summed E-state index contributed by atoms with van der Waals surface area (Å²) in [7, 11) is 1.94. The number of carbonyl (C=O) groups is 1. The molecule has 0 amide bonds. The minimum atomic E-state index is -0.876. The van der Waals surface area contributed by atoms with Gasteiger partial charge in [-0.3, -0.25) is 0 Å². The van der Waals surface area contributed by atoms with E-state index >= 15 is 0 Å². The maximum atomic E-state index is 11.5. The average Bonchev–Trinajstić information content (AvgIpc) is 2.65. The summed E-state index contributed by atoms with van der Waals surface area (Å²) < 4.78 is 0.884. The largest absolute Gasteiger partial charge is 0.479 e. The lowest BCUT2D eigenvalue weighted by molar-refractivity contribution is -0.141. The summed E-state index contributed by atoms with van der Waals surface area (Å²) in [6.45, 7) is 1.31. The van der Waals surface area contributed by atoms with E-state index in [4.69, 9.17) is 0 Å². The van der Waals surface area contributed by atoms with Crippen molar-refractivity contribution in [2.75, 3.05) is 25.5 Å². The number of aliphatic carboxylic acids is 1. The van der Waals surface area contributed by atoms with Crippen LogP contribution in [0.2, 0.25) is 0 Å². The van der Waals surface area contributed by atoms with E-state index in [0.29, 0.717) is 13.0 Å². The van der Waals surface area contributed by atoms with Crippen molar-refractivity contribution in [1.29, 1.82) is 0 Å². The first-order valence-corrected chi connectivity index (χ1v) is 6.27. The molecule has 0 saturated carbocycles. The molecule has 92 valence electrons. The first kappa shape index (κ1) is 12.4. The number of hydrogen-bond acceptors (Lipinski definition) is 3. The van der Waals surface area contributed by atoms with Crippen LogP contribution in [0.25, 0.3) is 0 Å². The Kier molecular flexibility index (Phi) is 3.40. The summed E-state index contributed by atoms with van der Waals surface area (Å²) in [6.07, 6.45) is 0.611. The Morgan fingerprint density at radius 2 is 2.24 bits per heavy atom. The molecule has 4 nitrogen and oxygen atoms in total. The van der Waals surface area contributed by atoms with Gasteiger partial charge in [0.2, 0.25) is 0 Å². The van der Waals surface area contributed by atoms with Crippen LogP contribution in [0.1, 0.15) is 6.42 Å². The summed E-state index contributed by atoms with van der Waals surface area (Å²) >= 11 is 3.42. The summed E-state index contributed by atoms with van der Waals surface area (Å²) in [5.74, 6) is -0.794. The van der Waals surface area contributed by atoms with Gasteiger partial charge in [0.25, 0.3) is 0 Å². The maximum Gasteiger partial charge on any atom is 0.330 e. The quantitative estimate of drug-likeness (QED) is 0.896. The van der Waals surface area contributed by atoms with Crippen molar-refractivity contribution in [2.45, 2.75) is 12.0 Å². The van der Waals surface area contributed by atoms with Gasteiger partial charge < -0.3 is 15.3 Å². The Morgan fingerprint density at radius 3 is 2.76 bits per heavy atom. The van der Waals surface area contributed by atoms with E-state index in [-0.39, 0.29) is 0 Å². The minimum absolute atomic E-state index is 0.518. The molecule has 0 spiro atoms. The molecule has 0 aromatic heterocycles. The molecule has 0 radical (unpaired) electrons. The van der Waals surface area contributed by atoms with Crippen LogP contribution in [0.15, 0.2) is 28.7 Å². The van der Waals surface area contributed by atoms with Crippen LogP contribution in [-0.2, 0) is 4.79 Å². The Balaban J connectivity index is 2.26. The van der Waals surface area contributed by atoms with Gasteiger partial charge in [0, 0.05) is 23.2 Å². The number of likely N-dealkylation sites (N-methyl/N-ethyl adjacent to an activating group) is 1. The van der Waals surface area contributed by atoms with Crippen LogP contribution in [0.5, 0.6) is 0 Å². The number of para-hydroxylation sites is 1. The molecule has 0 bridgehead atoms. The lowest BCUT2D eigenvalue weighted by atomic mass is 9.98. The third-order valence-corrected chi connectivity index (χ3v) is 3.81. The van der Waals surface area contributed by atoms with Gasteiger partial charge in [-0.25, -0.2) is 4.79 Å². The van der Waals surface area contributed by atoms with Crippen LogP contribution in [-0.4, -0.2) is 41.7 Å². The monoisotopic (exact) mass is 298 g/mol. The molecule has 1 aromatic rings. The predicted molar refractivity (Wildman–Crippen MR) is 70.2 cm³/mol. The fourth-order valence-electron chi connectivity index (χ4n) is 2.15. The van der Waals surface area contributed by atoms with Crippen molar-refractivity contribution in [3.8, 4) is 0 Å². The highest BCUT2D eigenvalue weighted by Gasteiger charge is 2.44. The smallest absolute Gasteiger partial charge is 0.330 e. The van der Waals surface area contributed by atoms with E-state index in [9.17, 15) is 9.90 Å². The number of nitrogens with one attached hydrogen (secondary N) is 1. The van der Waals surface area contributed by atoms with E-state index in [0.717, 1.165) is 16.7 Å². The summed E-state index contributed by atoms with van der Waals surface area (Å²) in [6, 6.07) is 7.58. The number of nitrogens with zero attached hydrogens (tertiary/aromatic N) is 1. The van der Waals surface area contributed by atoms with Crippen molar-refractivity contribution in [3.63, 3.8) is 0 Å². The minimum Gasteiger partial charge on any atom is -0.479 e. The van der Waals surface area contributed by atoms with E-state index in [1.807, 2.05) is 36.2 Å². The molecule has 2 rings (SSSR count). The number of rotatable bonds is 3. The maximum absolute atomic E-state index is 11.5. The Morgan fingerprint density at radius 1 is 1.53 bits per heavy atom. The molecule has 1 unspecified atom stereocenters. The van der Waals surface area contributed by atoms with E-state index in [1.165, 1.54) is 0 Å². The zero-order valence-electron chi connectivity index (χ0n) is 9.61. The van der Waals surface area contributed by atoms with Gasteiger partial charge in [0.05, 0.1) is 0 Å². The van der Waals surface area contributed by atoms with Crippen molar-refractivity contribution in [3.05, 3.63) is 28.7 Å². The molecular formula is C12H15BrN2O2. The molecule has 2 N–H and O–H groups in total. The van der Waals surface area contributed by atoms with Gasteiger partial charge in [0.15, 0.2) is 0 Å². The topological polar surface area (TPSA) is 52.6 Å². The first-order valence-electron chi connectivity index (χ1n) is 5.48. The molecule has 1 aromatic carbocycles. The number of likely N-dealkylation sites (tertiary alicyclic amines) is 1. The van der Waals surface area contributed by atoms with Crippen molar-refractivity contribution in [2.24, 2.45) is 0 Å². The van der Waals surface area contributed by atoms with Gasteiger partial charge in [-0.15, -0.1) is 0 Å². The van der Waals surface area contributed by atoms with Crippen LogP contribution < -0.4 is 5.32 Å². The molecule has 1 atom stereocenters. The second-order valence-corrected chi connectivity index (χ2v) is 5.33. The van der Waals surface area contributed by atoms with Crippen LogP contribution >= 0.6 is 15.9 Å². The molecule has 5 heteroatoms. The number of anilines is 1. The fourth-order valence-corrected chi connectivity index (χ4v) is 2.53. The first-order chi connectivity index (χ1) is 8.03. The second-order valence-electron chi connectivity index (χ2n) is 4.48. The summed E-state index contributed by atoms with van der Waals surface area (Å²) in [5.41, 5.74) is -0.0521. The molecule has 1 aliphatic heterocycles. The molecule has 0 aliphatic carbocycles. The molecule has 17 heavy (non-hydrogen) atoms. The lowest BCUT2D eigenvalue weighted by Gasteiger charge is -2.27. The van der Waals surface area contributed by atoms with E-state index in [2.05, 4.69) is 21.2 Å². The van der Waals surface area contributed by atoms with Gasteiger partial charge >= 0.3 is 5.97 Å². The van der Waals surface area contributed by atoms with Crippen LogP contribution in [0.3, 0.4) is 0 Å². The molecular weight excluding hydrogens is 284 g/mol. The Labute approximate surface area is 109 Å². The third-order valence-electron chi connectivity index (χ3n) is 3.12. The average molecular weight is 299 g/mol. The molecule has 1 fully saturated rings. The van der Waals surface area contributed by atoms with Gasteiger partial charge in [-0.05, 0) is 41.5 Å². The van der Waals surface area contributed by atoms with Crippen molar-refractivity contribution >= 4 is 27.6 Å². The molecule has 1 aliphatic rings. The highest BCUT2D eigenvalue weighted by Crippen LogP contribution is 2.29. The number of carboxylic acids is 1.